The van der Waals surface area contributed by atoms with Gasteiger partial charge >= 0.3 is 0 Å². The molecule has 0 aliphatic carbocycles. The van der Waals surface area contributed by atoms with Crippen molar-refractivity contribution in [2.75, 3.05) is 36.4 Å². The van der Waals surface area contributed by atoms with Gasteiger partial charge in [-0.2, -0.15) is 0 Å². The Morgan fingerprint density at radius 2 is 1.79 bits per heavy atom. The summed E-state index contributed by atoms with van der Waals surface area (Å²) >= 11 is 13.3. The van der Waals surface area contributed by atoms with Crippen molar-refractivity contribution in [2.24, 2.45) is 0 Å². The van der Waals surface area contributed by atoms with Crippen molar-refractivity contribution in [2.45, 2.75) is 13.8 Å². The van der Waals surface area contributed by atoms with Crippen LogP contribution in [0.5, 0.6) is 0 Å². The summed E-state index contributed by atoms with van der Waals surface area (Å²) in [5, 5.41) is 8.12. The van der Waals surface area contributed by atoms with E-state index in [2.05, 4.69) is 52.5 Å². The van der Waals surface area contributed by atoms with Crippen LogP contribution in [0.1, 0.15) is 11.1 Å². The molecule has 1 aromatic heterocycles. The number of thiocarbonyl (C=S) groups is 1. The van der Waals surface area contributed by atoms with Gasteiger partial charge in [0.05, 0.1) is 5.69 Å². The van der Waals surface area contributed by atoms with Gasteiger partial charge in [-0.1, -0.05) is 35.9 Å². The van der Waals surface area contributed by atoms with E-state index in [1.165, 1.54) is 11.1 Å². The zero-order valence-corrected chi connectivity index (χ0v) is 18.9. The van der Waals surface area contributed by atoms with E-state index in [4.69, 9.17) is 28.8 Å². The van der Waals surface area contributed by atoms with Gasteiger partial charge < -0.3 is 15.1 Å². The molecule has 0 spiro atoms. The van der Waals surface area contributed by atoms with E-state index in [9.17, 15) is 0 Å². The molecule has 29 heavy (non-hydrogen) atoms. The molecular formula is C22H23ClN4S2. The average Bonchev–Trinajstić information content (AvgIpc) is 3.21. The molecule has 0 unspecified atom stereocenters. The molecule has 4 rings (SSSR count). The molecular weight excluding hydrogens is 420 g/mol. The number of nitrogens with zero attached hydrogens (tertiary/aromatic N) is 3. The van der Waals surface area contributed by atoms with Crippen LogP contribution < -0.4 is 10.2 Å². The maximum Gasteiger partial charge on any atom is 0.185 e. The Morgan fingerprint density at radius 3 is 2.52 bits per heavy atom. The molecule has 7 heteroatoms. The number of aromatic nitrogens is 1. The average molecular weight is 443 g/mol. The number of thiazole rings is 1. The van der Waals surface area contributed by atoms with Crippen LogP contribution in [-0.2, 0) is 0 Å². The number of hydrogen-bond donors (Lipinski definition) is 1. The third kappa shape index (κ3) is 4.71. The Morgan fingerprint density at radius 1 is 1.07 bits per heavy atom. The predicted molar refractivity (Wildman–Crippen MR) is 128 cm³/mol. The third-order valence-corrected chi connectivity index (χ3v) is 6.62. The molecule has 0 saturated carbocycles. The van der Waals surface area contributed by atoms with E-state index in [-0.39, 0.29) is 0 Å². The molecule has 0 bridgehead atoms. The molecule has 1 N–H and O–H groups in total. The lowest BCUT2D eigenvalue weighted by Crippen LogP contribution is -2.50. The van der Waals surface area contributed by atoms with Crippen LogP contribution in [0.3, 0.4) is 0 Å². The first-order chi connectivity index (χ1) is 14.0. The van der Waals surface area contributed by atoms with Gasteiger partial charge in [-0.15, -0.1) is 11.3 Å². The summed E-state index contributed by atoms with van der Waals surface area (Å²) < 4.78 is 0. The predicted octanol–water partition coefficient (Wildman–Crippen LogP) is 5.60. The van der Waals surface area contributed by atoms with Crippen molar-refractivity contribution in [3.63, 3.8) is 0 Å². The Bertz CT molecular complexity index is 1010. The highest BCUT2D eigenvalue weighted by Gasteiger charge is 2.21. The number of aryl methyl sites for hydroxylation is 2. The minimum Gasteiger partial charge on any atom is -0.345 e. The lowest BCUT2D eigenvalue weighted by molar-refractivity contribution is 0.390. The number of benzene rings is 2. The van der Waals surface area contributed by atoms with Crippen LogP contribution in [0.25, 0.3) is 11.3 Å². The highest BCUT2D eigenvalue weighted by atomic mass is 35.5. The molecule has 3 aromatic rings. The summed E-state index contributed by atoms with van der Waals surface area (Å²) in [5.74, 6) is 0. The highest BCUT2D eigenvalue weighted by Crippen LogP contribution is 2.29. The van der Waals surface area contributed by atoms with E-state index in [1.807, 2.05) is 24.3 Å². The molecule has 2 aromatic carbocycles. The molecule has 1 fully saturated rings. The molecule has 0 atom stereocenters. The summed E-state index contributed by atoms with van der Waals surface area (Å²) in [4.78, 5) is 9.40. The lowest BCUT2D eigenvalue weighted by atomic mass is 10.1. The van der Waals surface area contributed by atoms with E-state index in [0.717, 1.165) is 58.4 Å². The minimum absolute atomic E-state index is 0.741. The maximum atomic E-state index is 5.99. The van der Waals surface area contributed by atoms with Crippen LogP contribution in [0.4, 0.5) is 10.8 Å². The van der Waals surface area contributed by atoms with Crippen molar-refractivity contribution in [3.8, 4) is 11.3 Å². The monoisotopic (exact) mass is 442 g/mol. The van der Waals surface area contributed by atoms with Crippen molar-refractivity contribution < 1.29 is 0 Å². The maximum absolute atomic E-state index is 5.99. The van der Waals surface area contributed by atoms with Gasteiger partial charge in [0, 0.05) is 47.8 Å². The third-order valence-electron chi connectivity index (χ3n) is 5.10. The fraction of sp³-hybridized carbons (Fsp3) is 0.273. The van der Waals surface area contributed by atoms with Crippen molar-refractivity contribution in [1.82, 2.24) is 9.88 Å². The Hall–Kier alpha value is -2.15. The van der Waals surface area contributed by atoms with Crippen molar-refractivity contribution in [1.29, 1.82) is 0 Å². The zero-order valence-electron chi connectivity index (χ0n) is 16.5. The molecule has 0 amide bonds. The standard InChI is InChI=1S/C22H23ClN4S2/c1-15-3-4-16(2)19(13-15)24-21(28)26-9-11-27(12-10-26)22-25-20(14-29-22)17-5-7-18(23)8-6-17/h3-8,13-14H,9-12H2,1-2H3,(H,24,28). The summed E-state index contributed by atoms with van der Waals surface area (Å²) in [5.41, 5.74) is 5.61. The van der Waals surface area contributed by atoms with Crippen LogP contribution in [0.15, 0.2) is 47.8 Å². The van der Waals surface area contributed by atoms with E-state index in [0.29, 0.717) is 0 Å². The second-order valence-electron chi connectivity index (χ2n) is 7.24. The summed E-state index contributed by atoms with van der Waals surface area (Å²) in [7, 11) is 0. The first-order valence-electron chi connectivity index (χ1n) is 9.59. The molecule has 0 radical (unpaired) electrons. The summed E-state index contributed by atoms with van der Waals surface area (Å²) in [6.07, 6.45) is 0. The summed E-state index contributed by atoms with van der Waals surface area (Å²) in [6.45, 7) is 7.77. The van der Waals surface area contributed by atoms with Gasteiger partial charge in [0.1, 0.15) is 0 Å². The Balaban J connectivity index is 1.36. The van der Waals surface area contributed by atoms with Gasteiger partial charge in [-0.3, -0.25) is 0 Å². The second kappa shape index (κ2) is 8.69. The fourth-order valence-electron chi connectivity index (χ4n) is 3.33. The first-order valence-corrected chi connectivity index (χ1v) is 11.3. The SMILES string of the molecule is Cc1ccc(C)c(NC(=S)N2CCN(c3nc(-c4ccc(Cl)cc4)cs3)CC2)c1. The van der Waals surface area contributed by atoms with E-state index >= 15 is 0 Å². The quantitative estimate of drug-likeness (QED) is 0.533. The fourth-order valence-corrected chi connectivity index (χ4v) is 4.64. The van der Waals surface area contributed by atoms with Crippen molar-refractivity contribution in [3.05, 3.63) is 64.0 Å². The van der Waals surface area contributed by atoms with Crippen LogP contribution >= 0.6 is 35.2 Å². The molecule has 1 aliphatic rings. The van der Waals surface area contributed by atoms with Crippen molar-refractivity contribution >= 4 is 51.1 Å². The van der Waals surface area contributed by atoms with Gasteiger partial charge in [-0.05, 0) is 55.4 Å². The molecule has 1 aliphatic heterocycles. The summed E-state index contributed by atoms with van der Waals surface area (Å²) in [6, 6.07) is 14.2. The number of nitrogens with one attached hydrogen (secondary N) is 1. The highest BCUT2D eigenvalue weighted by molar-refractivity contribution is 7.80. The van der Waals surface area contributed by atoms with Crippen LogP contribution in [0.2, 0.25) is 5.02 Å². The second-order valence-corrected chi connectivity index (χ2v) is 8.90. The van der Waals surface area contributed by atoms with E-state index < -0.39 is 0 Å². The zero-order chi connectivity index (χ0) is 20.4. The topological polar surface area (TPSA) is 31.4 Å². The Labute approximate surface area is 186 Å². The number of hydrogen-bond acceptors (Lipinski definition) is 4. The van der Waals surface area contributed by atoms with Gasteiger partial charge in [0.2, 0.25) is 0 Å². The lowest BCUT2D eigenvalue weighted by Gasteiger charge is -2.36. The van der Waals surface area contributed by atoms with Crippen LogP contribution in [-0.4, -0.2) is 41.2 Å². The number of halogens is 1. The molecule has 4 nitrogen and oxygen atoms in total. The number of rotatable bonds is 3. The number of anilines is 2. The minimum atomic E-state index is 0.741. The number of piperazine rings is 1. The smallest absolute Gasteiger partial charge is 0.185 e. The van der Waals surface area contributed by atoms with Gasteiger partial charge in [0.25, 0.3) is 0 Å². The normalized spacial score (nSPS) is 14.2. The first kappa shape index (κ1) is 20.1. The molecule has 2 heterocycles. The van der Waals surface area contributed by atoms with Gasteiger partial charge in [-0.25, -0.2) is 4.98 Å². The largest absolute Gasteiger partial charge is 0.345 e. The van der Waals surface area contributed by atoms with E-state index in [1.54, 1.807) is 11.3 Å². The molecule has 150 valence electrons. The van der Waals surface area contributed by atoms with Crippen LogP contribution in [0, 0.1) is 13.8 Å². The van der Waals surface area contributed by atoms with Gasteiger partial charge in [0.15, 0.2) is 10.2 Å². The molecule has 1 saturated heterocycles. The Kier molecular flexibility index (Phi) is 6.04.